The molecule has 17 heavy (non-hydrogen) atoms. The lowest BCUT2D eigenvalue weighted by Crippen LogP contribution is -2.46. The van der Waals surface area contributed by atoms with Crippen molar-refractivity contribution in [1.82, 2.24) is 5.32 Å². The first-order chi connectivity index (χ1) is 8.36. The van der Waals surface area contributed by atoms with E-state index >= 15 is 0 Å². The van der Waals surface area contributed by atoms with Crippen LogP contribution in [0.15, 0.2) is 17.5 Å². The van der Waals surface area contributed by atoms with Crippen LogP contribution < -0.4 is 5.32 Å². The lowest BCUT2D eigenvalue weighted by molar-refractivity contribution is -0.0702. The average Bonchev–Trinajstić information content (AvgIpc) is 2.99. The Bertz CT molecular complexity index is 346. The van der Waals surface area contributed by atoms with Crippen LogP contribution in [0.2, 0.25) is 0 Å². The second-order valence-corrected chi connectivity index (χ2v) is 7.12. The monoisotopic (exact) mass is 269 g/mol. The summed E-state index contributed by atoms with van der Waals surface area (Å²) in [5.74, 6) is 2.47. The molecular weight excluding hydrogens is 250 g/mol. The van der Waals surface area contributed by atoms with E-state index in [1.165, 1.54) is 29.2 Å². The van der Waals surface area contributed by atoms with Crippen LogP contribution in [0.25, 0.3) is 0 Å². The minimum atomic E-state index is 0.204. The van der Waals surface area contributed by atoms with E-state index in [0.717, 1.165) is 19.6 Å². The van der Waals surface area contributed by atoms with Gasteiger partial charge in [-0.1, -0.05) is 6.07 Å². The van der Waals surface area contributed by atoms with Crippen LogP contribution in [0.4, 0.5) is 0 Å². The molecule has 3 heterocycles. The van der Waals surface area contributed by atoms with Gasteiger partial charge in [0.2, 0.25) is 0 Å². The Labute approximate surface area is 111 Å². The van der Waals surface area contributed by atoms with Gasteiger partial charge in [-0.05, 0) is 36.5 Å². The molecule has 1 N–H and O–H groups in total. The molecule has 2 atom stereocenters. The quantitative estimate of drug-likeness (QED) is 0.911. The first kappa shape index (κ1) is 12.0. The number of ether oxygens (including phenoxy) is 1. The molecule has 1 aromatic heterocycles. The van der Waals surface area contributed by atoms with Gasteiger partial charge in [0.15, 0.2) is 0 Å². The predicted molar refractivity (Wildman–Crippen MR) is 74.8 cm³/mol. The van der Waals surface area contributed by atoms with Crippen LogP contribution in [-0.4, -0.2) is 29.8 Å². The van der Waals surface area contributed by atoms with Crippen LogP contribution in [-0.2, 0) is 11.3 Å². The molecule has 1 spiro atoms. The summed E-state index contributed by atoms with van der Waals surface area (Å²) < 4.78 is 6.04. The Hall–Kier alpha value is -0.0300. The molecular formula is C13H19NOS2. The van der Waals surface area contributed by atoms with E-state index in [4.69, 9.17) is 4.74 Å². The van der Waals surface area contributed by atoms with Gasteiger partial charge in [-0.15, -0.1) is 11.3 Å². The summed E-state index contributed by atoms with van der Waals surface area (Å²) in [5.41, 5.74) is 0.204. The third-order valence-corrected chi connectivity index (χ3v) is 5.80. The van der Waals surface area contributed by atoms with E-state index in [-0.39, 0.29) is 5.60 Å². The van der Waals surface area contributed by atoms with Crippen molar-refractivity contribution >= 4 is 23.1 Å². The summed E-state index contributed by atoms with van der Waals surface area (Å²) in [7, 11) is 0. The maximum absolute atomic E-state index is 6.04. The molecule has 2 fully saturated rings. The summed E-state index contributed by atoms with van der Waals surface area (Å²) in [5, 5.41) is 5.85. The van der Waals surface area contributed by atoms with Crippen molar-refractivity contribution in [1.29, 1.82) is 0 Å². The summed E-state index contributed by atoms with van der Waals surface area (Å²) in [6.45, 7) is 1.95. The van der Waals surface area contributed by atoms with Crippen molar-refractivity contribution in [3.05, 3.63) is 22.4 Å². The molecule has 0 aliphatic carbocycles. The fourth-order valence-corrected chi connectivity index (χ4v) is 4.76. The molecule has 0 saturated carbocycles. The van der Waals surface area contributed by atoms with Gasteiger partial charge in [-0.2, -0.15) is 11.8 Å². The van der Waals surface area contributed by atoms with Crippen LogP contribution in [0.3, 0.4) is 0 Å². The zero-order chi connectivity index (χ0) is 11.6. The maximum atomic E-state index is 6.04. The molecule has 4 heteroatoms. The number of rotatable bonds is 3. The zero-order valence-electron chi connectivity index (χ0n) is 9.98. The predicted octanol–water partition coefficient (Wildman–Crippen LogP) is 2.89. The second-order valence-electron chi connectivity index (χ2n) is 4.98. The first-order valence-corrected chi connectivity index (χ1v) is 8.37. The van der Waals surface area contributed by atoms with E-state index in [1.807, 2.05) is 23.1 Å². The van der Waals surface area contributed by atoms with Crippen LogP contribution in [0.5, 0.6) is 0 Å². The fourth-order valence-electron chi connectivity index (χ4n) is 2.72. The Morgan fingerprint density at radius 3 is 3.29 bits per heavy atom. The largest absolute Gasteiger partial charge is 0.374 e. The molecule has 2 nitrogen and oxygen atoms in total. The minimum absolute atomic E-state index is 0.204. The molecule has 0 amide bonds. The van der Waals surface area contributed by atoms with E-state index < -0.39 is 0 Å². The number of hydrogen-bond donors (Lipinski definition) is 1. The van der Waals surface area contributed by atoms with Crippen LogP contribution in [0.1, 0.15) is 24.1 Å². The van der Waals surface area contributed by atoms with Gasteiger partial charge >= 0.3 is 0 Å². The van der Waals surface area contributed by atoms with Crippen molar-refractivity contribution in [2.75, 3.05) is 18.1 Å². The molecule has 0 radical (unpaired) electrons. The van der Waals surface area contributed by atoms with E-state index in [0.29, 0.717) is 6.04 Å². The average molecular weight is 269 g/mol. The van der Waals surface area contributed by atoms with E-state index in [9.17, 15) is 0 Å². The third kappa shape index (κ3) is 2.87. The summed E-state index contributed by atoms with van der Waals surface area (Å²) in [6, 6.07) is 4.98. The molecule has 2 aliphatic heterocycles. The molecule has 0 aromatic carbocycles. The van der Waals surface area contributed by atoms with Crippen molar-refractivity contribution in [2.45, 2.75) is 37.5 Å². The summed E-state index contributed by atoms with van der Waals surface area (Å²) in [6.07, 6.45) is 3.61. The number of nitrogens with one attached hydrogen (secondary N) is 1. The highest BCUT2D eigenvalue weighted by atomic mass is 32.2. The SMILES string of the molecule is c1csc(CNC2CCOC3(CCSC3)C2)c1. The smallest absolute Gasteiger partial charge is 0.0795 e. The van der Waals surface area contributed by atoms with Gasteiger partial charge in [0.1, 0.15) is 0 Å². The van der Waals surface area contributed by atoms with Crippen molar-refractivity contribution in [3.63, 3.8) is 0 Å². The molecule has 2 saturated heterocycles. The Morgan fingerprint density at radius 2 is 2.53 bits per heavy atom. The maximum Gasteiger partial charge on any atom is 0.0795 e. The molecule has 94 valence electrons. The lowest BCUT2D eigenvalue weighted by atomic mass is 9.90. The summed E-state index contributed by atoms with van der Waals surface area (Å²) in [4.78, 5) is 1.44. The van der Waals surface area contributed by atoms with Gasteiger partial charge in [0.25, 0.3) is 0 Å². The van der Waals surface area contributed by atoms with Crippen molar-refractivity contribution in [3.8, 4) is 0 Å². The number of thioether (sulfide) groups is 1. The zero-order valence-corrected chi connectivity index (χ0v) is 11.6. The molecule has 1 aromatic rings. The molecule has 3 rings (SSSR count). The van der Waals surface area contributed by atoms with Gasteiger partial charge in [-0.25, -0.2) is 0 Å². The normalized spacial score (nSPS) is 33.3. The van der Waals surface area contributed by atoms with E-state index in [1.54, 1.807) is 0 Å². The second kappa shape index (κ2) is 5.31. The van der Waals surface area contributed by atoms with Crippen molar-refractivity contribution in [2.24, 2.45) is 0 Å². The highest BCUT2D eigenvalue weighted by molar-refractivity contribution is 7.99. The van der Waals surface area contributed by atoms with Gasteiger partial charge in [-0.3, -0.25) is 0 Å². The van der Waals surface area contributed by atoms with Crippen LogP contribution >= 0.6 is 23.1 Å². The number of thiophene rings is 1. The summed E-state index contributed by atoms with van der Waals surface area (Å²) >= 11 is 3.88. The highest BCUT2D eigenvalue weighted by Gasteiger charge is 2.40. The number of hydrogen-bond acceptors (Lipinski definition) is 4. The first-order valence-electron chi connectivity index (χ1n) is 6.34. The van der Waals surface area contributed by atoms with Gasteiger partial charge in [0.05, 0.1) is 5.60 Å². The topological polar surface area (TPSA) is 21.3 Å². The molecule has 2 aliphatic rings. The third-order valence-electron chi connectivity index (χ3n) is 3.71. The Morgan fingerprint density at radius 1 is 1.53 bits per heavy atom. The Balaban J connectivity index is 1.53. The lowest BCUT2D eigenvalue weighted by Gasteiger charge is -2.38. The fraction of sp³-hybridized carbons (Fsp3) is 0.692. The van der Waals surface area contributed by atoms with E-state index in [2.05, 4.69) is 22.8 Å². The Kier molecular flexibility index (Phi) is 3.75. The van der Waals surface area contributed by atoms with Crippen molar-refractivity contribution < 1.29 is 4.74 Å². The standard InChI is InChI=1S/C13H19NOS2/c1-2-12(17-6-1)9-14-11-3-5-15-13(8-11)4-7-16-10-13/h1-2,6,11,14H,3-5,7-10H2. The molecule has 0 bridgehead atoms. The van der Waals surface area contributed by atoms with Gasteiger partial charge in [0, 0.05) is 29.8 Å². The van der Waals surface area contributed by atoms with Crippen LogP contribution in [0, 0.1) is 0 Å². The van der Waals surface area contributed by atoms with Gasteiger partial charge < -0.3 is 10.1 Å². The highest BCUT2D eigenvalue weighted by Crippen LogP contribution is 2.38. The molecule has 2 unspecified atom stereocenters. The minimum Gasteiger partial charge on any atom is -0.374 e.